The third-order valence-electron chi connectivity index (χ3n) is 3.01. The van der Waals surface area contributed by atoms with Crippen molar-refractivity contribution in [1.82, 2.24) is 0 Å². The van der Waals surface area contributed by atoms with Crippen molar-refractivity contribution in [2.45, 2.75) is 37.6 Å². The molecule has 1 saturated carbocycles. The van der Waals surface area contributed by atoms with Crippen LogP contribution in [-0.2, 0) is 6.42 Å². The van der Waals surface area contributed by atoms with E-state index < -0.39 is 6.43 Å². The van der Waals surface area contributed by atoms with Crippen LogP contribution in [0.4, 0.5) is 8.78 Å². The van der Waals surface area contributed by atoms with Gasteiger partial charge >= 0.3 is 0 Å². The van der Waals surface area contributed by atoms with Crippen molar-refractivity contribution in [1.29, 1.82) is 0 Å². The van der Waals surface area contributed by atoms with E-state index in [9.17, 15) is 8.78 Å². The van der Waals surface area contributed by atoms with Crippen molar-refractivity contribution in [3.8, 4) is 0 Å². The normalized spacial score (nSPS) is 18.1. The Bertz CT molecular complexity index is 345. The van der Waals surface area contributed by atoms with Crippen molar-refractivity contribution in [2.75, 3.05) is 0 Å². The summed E-state index contributed by atoms with van der Waals surface area (Å²) in [5.41, 5.74) is 7.01. The van der Waals surface area contributed by atoms with E-state index in [1.165, 1.54) is 6.07 Å². The van der Waals surface area contributed by atoms with E-state index in [-0.39, 0.29) is 11.1 Å². The largest absolute Gasteiger partial charge is 0.325 e. The van der Waals surface area contributed by atoms with Crippen molar-refractivity contribution < 1.29 is 8.78 Å². The fourth-order valence-corrected chi connectivity index (χ4v) is 1.69. The average molecular weight is 211 g/mol. The van der Waals surface area contributed by atoms with Gasteiger partial charge in [0.1, 0.15) is 0 Å². The molecule has 0 amide bonds. The molecule has 2 rings (SSSR count). The van der Waals surface area contributed by atoms with E-state index in [1.807, 2.05) is 6.07 Å². The molecule has 15 heavy (non-hydrogen) atoms. The topological polar surface area (TPSA) is 26.0 Å². The zero-order valence-electron chi connectivity index (χ0n) is 8.55. The minimum absolute atomic E-state index is 0.000829. The molecule has 3 heteroatoms. The number of alkyl halides is 2. The van der Waals surface area contributed by atoms with Gasteiger partial charge < -0.3 is 5.73 Å². The van der Waals surface area contributed by atoms with E-state index in [0.717, 1.165) is 31.2 Å². The second kappa shape index (κ2) is 3.89. The highest BCUT2D eigenvalue weighted by atomic mass is 19.3. The highest BCUT2D eigenvalue weighted by molar-refractivity contribution is 5.25. The van der Waals surface area contributed by atoms with Gasteiger partial charge in [0.2, 0.25) is 0 Å². The summed E-state index contributed by atoms with van der Waals surface area (Å²) in [5, 5.41) is 0. The first kappa shape index (κ1) is 10.6. The van der Waals surface area contributed by atoms with Gasteiger partial charge in [0, 0.05) is 11.1 Å². The quantitative estimate of drug-likeness (QED) is 0.813. The molecule has 0 spiro atoms. The zero-order chi connectivity index (χ0) is 10.9. The van der Waals surface area contributed by atoms with Crippen molar-refractivity contribution >= 4 is 0 Å². The first-order chi connectivity index (χ1) is 7.09. The van der Waals surface area contributed by atoms with E-state index in [1.54, 1.807) is 12.1 Å². The van der Waals surface area contributed by atoms with E-state index in [2.05, 4.69) is 0 Å². The summed E-state index contributed by atoms with van der Waals surface area (Å²) in [4.78, 5) is 0. The first-order valence-electron chi connectivity index (χ1n) is 5.25. The maximum atomic E-state index is 12.4. The number of rotatable bonds is 4. The fraction of sp³-hybridized carbons (Fsp3) is 0.500. The summed E-state index contributed by atoms with van der Waals surface area (Å²) in [5.74, 6) is 0. The zero-order valence-corrected chi connectivity index (χ0v) is 8.55. The molecule has 1 aliphatic rings. The molecule has 0 bridgehead atoms. The third kappa shape index (κ3) is 2.75. The maximum Gasteiger partial charge on any atom is 0.263 e. The van der Waals surface area contributed by atoms with Crippen LogP contribution < -0.4 is 5.73 Å². The Morgan fingerprint density at radius 2 is 2.07 bits per heavy atom. The number of halogens is 2. The van der Waals surface area contributed by atoms with Gasteiger partial charge in [0.05, 0.1) is 0 Å². The molecule has 0 heterocycles. The minimum atomic E-state index is -2.38. The Morgan fingerprint density at radius 3 is 2.67 bits per heavy atom. The Kier molecular flexibility index (Phi) is 2.74. The van der Waals surface area contributed by atoms with Crippen LogP contribution in [-0.4, -0.2) is 5.54 Å². The molecule has 0 aliphatic heterocycles. The second-order valence-electron chi connectivity index (χ2n) is 4.41. The summed E-state index contributed by atoms with van der Waals surface area (Å²) in [6, 6.07) is 6.62. The monoisotopic (exact) mass is 211 g/mol. The van der Waals surface area contributed by atoms with E-state index >= 15 is 0 Å². The highest BCUT2D eigenvalue weighted by Crippen LogP contribution is 2.36. The molecule has 1 fully saturated rings. The van der Waals surface area contributed by atoms with Crippen LogP contribution in [0.3, 0.4) is 0 Å². The van der Waals surface area contributed by atoms with Gasteiger partial charge in [-0.25, -0.2) is 8.78 Å². The molecule has 82 valence electrons. The molecule has 0 atom stereocenters. The molecule has 0 saturated heterocycles. The molecule has 2 N–H and O–H groups in total. The smallest absolute Gasteiger partial charge is 0.263 e. The van der Waals surface area contributed by atoms with Crippen LogP contribution in [0.15, 0.2) is 24.3 Å². The Hall–Kier alpha value is -0.960. The summed E-state index contributed by atoms with van der Waals surface area (Å²) in [6.07, 6.45) is 1.47. The first-order valence-corrected chi connectivity index (χ1v) is 5.25. The molecule has 0 radical (unpaired) electrons. The molecule has 0 unspecified atom stereocenters. The highest BCUT2D eigenvalue weighted by Gasteiger charge is 2.37. The number of hydrogen-bond donors (Lipinski definition) is 1. The lowest BCUT2D eigenvalue weighted by atomic mass is 10.0. The van der Waals surface area contributed by atoms with Crippen LogP contribution in [0.1, 0.15) is 36.8 Å². The average Bonchev–Trinajstić information content (AvgIpc) is 2.95. The number of hydrogen-bond acceptors (Lipinski definition) is 1. The minimum Gasteiger partial charge on any atom is -0.325 e. The molecule has 1 nitrogen and oxygen atoms in total. The summed E-state index contributed by atoms with van der Waals surface area (Å²) in [6.45, 7) is 0. The van der Waals surface area contributed by atoms with E-state index in [0.29, 0.717) is 0 Å². The lowest BCUT2D eigenvalue weighted by Crippen LogP contribution is -2.22. The number of nitrogens with two attached hydrogens (primary N) is 1. The lowest BCUT2D eigenvalue weighted by molar-refractivity contribution is 0.151. The van der Waals surface area contributed by atoms with E-state index in [4.69, 9.17) is 5.73 Å². The van der Waals surface area contributed by atoms with Gasteiger partial charge in [0.15, 0.2) is 0 Å². The second-order valence-corrected chi connectivity index (χ2v) is 4.41. The molecule has 1 aromatic carbocycles. The van der Waals surface area contributed by atoms with Crippen LogP contribution in [0.2, 0.25) is 0 Å². The van der Waals surface area contributed by atoms with Crippen LogP contribution >= 0.6 is 0 Å². The summed E-state index contributed by atoms with van der Waals surface area (Å²) < 4.78 is 24.8. The number of benzene rings is 1. The van der Waals surface area contributed by atoms with Gasteiger partial charge in [-0.15, -0.1) is 0 Å². The van der Waals surface area contributed by atoms with Crippen LogP contribution in [0.25, 0.3) is 0 Å². The molecular weight excluding hydrogens is 196 g/mol. The lowest BCUT2D eigenvalue weighted by Gasteiger charge is -2.09. The van der Waals surface area contributed by atoms with Crippen molar-refractivity contribution in [3.05, 3.63) is 35.4 Å². The Labute approximate surface area is 88.3 Å². The molecule has 1 aliphatic carbocycles. The predicted molar refractivity (Wildman–Crippen MR) is 55.9 cm³/mol. The predicted octanol–water partition coefficient (Wildman–Crippen LogP) is 3.05. The van der Waals surface area contributed by atoms with Crippen molar-refractivity contribution in [2.24, 2.45) is 5.73 Å². The Balaban J connectivity index is 1.98. The van der Waals surface area contributed by atoms with Gasteiger partial charge in [-0.1, -0.05) is 24.3 Å². The SMILES string of the molecule is NC1(CCc2cccc(C(F)F)c2)CC1. The van der Waals surface area contributed by atoms with Crippen LogP contribution in [0, 0.1) is 0 Å². The van der Waals surface area contributed by atoms with Gasteiger partial charge in [-0.3, -0.25) is 0 Å². The molecule has 1 aromatic rings. The summed E-state index contributed by atoms with van der Waals surface area (Å²) in [7, 11) is 0. The standard InChI is InChI=1S/C12H15F2N/c13-11(14)10-3-1-2-9(8-10)4-5-12(15)6-7-12/h1-3,8,11H,4-7,15H2. The third-order valence-corrected chi connectivity index (χ3v) is 3.01. The maximum absolute atomic E-state index is 12.4. The Morgan fingerprint density at radius 1 is 1.33 bits per heavy atom. The summed E-state index contributed by atoms with van der Waals surface area (Å²) >= 11 is 0. The molecular formula is C12H15F2N. The number of aryl methyl sites for hydroxylation is 1. The molecule has 0 aromatic heterocycles. The van der Waals surface area contributed by atoms with Gasteiger partial charge in [-0.2, -0.15) is 0 Å². The van der Waals surface area contributed by atoms with Crippen LogP contribution in [0.5, 0.6) is 0 Å². The van der Waals surface area contributed by atoms with Gasteiger partial charge in [0.25, 0.3) is 6.43 Å². The van der Waals surface area contributed by atoms with Gasteiger partial charge in [-0.05, 0) is 31.2 Å². The fourth-order valence-electron chi connectivity index (χ4n) is 1.69. The van der Waals surface area contributed by atoms with Crippen molar-refractivity contribution in [3.63, 3.8) is 0 Å².